The number of carbonyl (C=O) groups excluding carboxylic acids is 2. The second kappa shape index (κ2) is 9.66. The minimum atomic E-state index is -4.98. The van der Waals surface area contributed by atoms with Crippen LogP contribution < -0.4 is 15.0 Å². The highest BCUT2D eigenvalue weighted by atomic mass is 35.5. The number of carbonyl (C=O) groups is 2. The maximum absolute atomic E-state index is 14.2. The predicted octanol–water partition coefficient (Wildman–Crippen LogP) is 4.71. The molecule has 0 radical (unpaired) electrons. The molecule has 2 aliphatic rings. The monoisotopic (exact) mass is 550 g/mol. The summed E-state index contributed by atoms with van der Waals surface area (Å²) in [5.41, 5.74) is -4.89. The third-order valence-corrected chi connectivity index (χ3v) is 7.08. The van der Waals surface area contributed by atoms with Crippen LogP contribution in [-0.2, 0) is 15.1 Å². The average molecular weight is 551 g/mol. The van der Waals surface area contributed by atoms with Crippen molar-refractivity contribution in [2.75, 3.05) is 4.90 Å². The second-order valence-electron chi connectivity index (χ2n) is 9.19. The molecule has 2 aliphatic carbocycles. The van der Waals surface area contributed by atoms with E-state index in [4.69, 9.17) is 11.6 Å². The quantitative estimate of drug-likeness (QED) is 0.399. The molecule has 2 saturated carbocycles. The van der Waals surface area contributed by atoms with E-state index in [0.717, 1.165) is 30.6 Å². The molecule has 0 saturated heterocycles. The lowest BCUT2D eigenvalue weighted by atomic mass is 9.87. The normalized spacial score (nSPS) is 24.7. The van der Waals surface area contributed by atoms with Crippen LogP contribution in [-0.4, -0.2) is 45.7 Å². The van der Waals surface area contributed by atoms with Crippen LogP contribution in [0.3, 0.4) is 0 Å². The van der Waals surface area contributed by atoms with E-state index in [1.165, 1.54) is 19.3 Å². The van der Waals surface area contributed by atoms with Crippen LogP contribution in [0.4, 0.5) is 32.0 Å². The van der Waals surface area contributed by atoms with E-state index in [1.54, 1.807) is 0 Å². The molecule has 2 amide bonds. The summed E-state index contributed by atoms with van der Waals surface area (Å²) < 4.78 is 83.8. The summed E-state index contributed by atoms with van der Waals surface area (Å²) in [6.45, 7) is 1.25. The fourth-order valence-electron chi connectivity index (χ4n) is 5.11. The number of halogens is 7. The van der Waals surface area contributed by atoms with Gasteiger partial charge >= 0.3 is 6.36 Å². The number of fused-ring (bicyclic) bond motifs is 2. The Morgan fingerprint density at radius 2 is 1.78 bits per heavy atom. The lowest BCUT2D eigenvalue weighted by Gasteiger charge is -2.41. The van der Waals surface area contributed by atoms with Crippen molar-refractivity contribution in [3.05, 3.63) is 48.5 Å². The molecule has 1 heterocycles. The fourth-order valence-corrected chi connectivity index (χ4v) is 5.21. The van der Waals surface area contributed by atoms with Crippen molar-refractivity contribution in [1.82, 2.24) is 15.3 Å². The van der Waals surface area contributed by atoms with Gasteiger partial charge in [0.1, 0.15) is 12.1 Å². The van der Waals surface area contributed by atoms with Gasteiger partial charge in [0.25, 0.3) is 23.4 Å². The zero-order chi connectivity index (χ0) is 27.2. The van der Waals surface area contributed by atoms with E-state index in [9.17, 15) is 35.9 Å². The minimum absolute atomic E-state index is 0.0160. The zero-order valence-corrected chi connectivity index (χ0v) is 19.9. The predicted molar refractivity (Wildman–Crippen MR) is 118 cm³/mol. The van der Waals surface area contributed by atoms with E-state index in [2.05, 4.69) is 20.0 Å². The van der Waals surface area contributed by atoms with Gasteiger partial charge in [-0.15, -0.1) is 13.2 Å². The molecule has 2 aromatic rings. The lowest BCUT2D eigenvalue weighted by Crippen LogP contribution is -2.60. The van der Waals surface area contributed by atoms with Gasteiger partial charge in [-0.1, -0.05) is 11.6 Å². The molecule has 0 spiro atoms. The Labute approximate surface area is 212 Å². The van der Waals surface area contributed by atoms with Crippen LogP contribution in [0.1, 0.15) is 31.7 Å². The Balaban J connectivity index is 1.73. The number of alkyl halides is 7. The maximum Gasteiger partial charge on any atom is 0.573 e. The fraction of sp³-hybridized carbons (Fsp3) is 0.478. The van der Waals surface area contributed by atoms with Crippen molar-refractivity contribution in [2.24, 2.45) is 11.8 Å². The third kappa shape index (κ3) is 5.32. The van der Waals surface area contributed by atoms with E-state index in [-0.39, 0.29) is 24.1 Å². The van der Waals surface area contributed by atoms with Gasteiger partial charge in [0, 0.05) is 42.0 Å². The van der Waals surface area contributed by atoms with Crippen molar-refractivity contribution in [3.63, 3.8) is 0 Å². The van der Waals surface area contributed by atoms with Crippen molar-refractivity contribution in [2.45, 2.75) is 55.7 Å². The first kappa shape index (κ1) is 27.0. The van der Waals surface area contributed by atoms with Crippen molar-refractivity contribution in [1.29, 1.82) is 0 Å². The molecule has 1 N–H and O–H groups in total. The van der Waals surface area contributed by atoms with Gasteiger partial charge < -0.3 is 10.1 Å². The molecule has 14 heteroatoms. The van der Waals surface area contributed by atoms with Gasteiger partial charge in [-0.05, 0) is 49.9 Å². The number of rotatable bonds is 7. The molecule has 200 valence electrons. The number of benzene rings is 1. The molecule has 1 aromatic carbocycles. The molecule has 0 aliphatic heterocycles. The first-order chi connectivity index (χ1) is 17.2. The minimum Gasteiger partial charge on any atom is -0.406 e. The Kier molecular flexibility index (Phi) is 7.04. The Hall–Kier alpha value is -3.09. The highest BCUT2D eigenvalue weighted by Gasteiger charge is 2.58. The molecule has 7 nitrogen and oxygen atoms in total. The van der Waals surface area contributed by atoms with E-state index >= 15 is 0 Å². The summed E-state index contributed by atoms with van der Waals surface area (Å²) in [5.74, 6) is -7.10. The van der Waals surface area contributed by atoms with E-state index in [1.807, 2.05) is 0 Å². The number of hydrogen-bond donors (Lipinski definition) is 1. The topological polar surface area (TPSA) is 84.4 Å². The summed E-state index contributed by atoms with van der Waals surface area (Å²) in [5, 5.41) is 2.71. The number of nitrogens with zero attached hydrogens (tertiary/aromatic N) is 3. The van der Waals surface area contributed by atoms with Gasteiger partial charge in [0.05, 0.1) is 0 Å². The summed E-state index contributed by atoms with van der Waals surface area (Å²) in [6, 6.07) is 3.17. The summed E-state index contributed by atoms with van der Waals surface area (Å²) >= 11 is 5.46. The molecule has 2 fully saturated rings. The molecule has 5 atom stereocenters. The molecular formula is C23H21ClF6N4O3. The number of anilines is 1. The van der Waals surface area contributed by atoms with Crippen LogP contribution in [0.25, 0.3) is 0 Å². The van der Waals surface area contributed by atoms with Crippen LogP contribution in [0.15, 0.2) is 43.0 Å². The molecule has 1 aromatic heterocycles. The lowest BCUT2D eigenvalue weighted by molar-refractivity contribution is -0.274. The molecule has 2 bridgehead atoms. The Bertz CT molecular complexity index is 1150. The van der Waals surface area contributed by atoms with Crippen LogP contribution >= 0.6 is 11.6 Å². The van der Waals surface area contributed by atoms with Crippen LogP contribution in [0, 0.1) is 11.8 Å². The summed E-state index contributed by atoms with van der Waals surface area (Å²) in [6.07, 6.45) is -1.59. The average Bonchev–Trinajstić information content (AvgIpc) is 3.35. The highest BCUT2D eigenvalue weighted by Crippen LogP contribution is 2.53. The number of hydrogen-bond acceptors (Lipinski definition) is 5. The molecular weight excluding hydrogens is 530 g/mol. The number of ether oxygens (including phenoxy) is 1. The maximum atomic E-state index is 14.2. The SMILES string of the molecule is C[C@](C(=O)N[C@H]1CC2CC1CC2(F)F)(c1cncnc1)N(C(=O)[C@H](F)Cl)c1ccc(OC(F)(F)F)cc1. The van der Waals surface area contributed by atoms with Gasteiger partial charge in [-0.25, -0.2) is 23.1 Å². The largest absolute Gasteiger partial charge is 0.573 e. The number of nitrogens with one attached hydrogen (secondary N) is 1. The van der Waals surface area contributed by atoms with E-state index in [0.29, 0.717) is 4.90 Å². The van der Waals surface area contributed by atoms with Crippen LogP contribution in [0.2, 0.25) is 0 Å². The first-order valence-corrected chi connectivity index (χ1v) is 11.6. The van der Waals surface area contributed by atoms with E-state index < -0.39 is 65.3 Å². The smallest absolute Gasteiger partial charge is 0.406 e. The Morgan fingerprint density at radius 3 is 2.27 bits per heavy atom. The van der Waals surface area contributed by atoms with Gasteiger partial charge in [0.2, 0.25) is 0 Å². The van der Waals surface area contributed by atoms with Crippen molar-refractivity contribution >= 4 is 29.1 Å². The van der Waals surface area contributed by atoms with Crippen molar-refractivity contribution in [3.8, 4) is 5.75 Å². The standard InChI is InChI=1S/C23H21ClF6N4O3/c1-21(14-9-31-11-32-10-14,20(36)33-17-7-13-6-12(17)8-22(13,26)27)34(19(35)18(24)25)15-2-4-16(5-3-15)37-23(28,29)30/h2-5,9-13,17-18H,6-8H2,1H3,(H,33,36)/t12?,13?,17-,18-,21+/m0/s1. The van der Waals surface area contributed by atoms with Gasteiger partial charge in [0.15, 0.2) is 5.54 Å². The number of aromatic nitrogens is 2. The highest BCUT2D eigenvalue weighted by molar-refractivity contribution is 6.32. The van der Waals surface area contributed by atoms with Gasteiger partial charge in [-0.3, -0.25) is 14.5 Å². The zero-order valence-electron chi connectivity index (χ0n) is 19.2. The third-order valence-electron chi connectivity index (χ3n) is 6.89. The number of amides is 2. The van der Waals surface area contributed by atoms with Gasteiger partial charge in [-0.2, -0.15) is 0 Å². The van der Waals surface area contributed by atoms with Crippen molar-refractivity contribution < 1.29 is 40.7 Å². The molecule has 4 rings (SSSR count). The molecule has 2 unspecified atom stereocenters. The summed E-state index contributed by atoms with van der Waals surface area (Å²) in [4.78, 5) is 35.2. The molecule has 37 heavy (non-hydrogen) atoms. The second-order valence-corrected chi connectivity index (χ2v) is 9.57. The Morgan fingerprint density at radius 1 is 1.16 bits per heavy atom. The van der Waals surface area contributed by atoms with Crippen LogP contribution in [0.5, 0.6) is 5.75 Å². The summed E-state index contributed by atoms with van der Waals surface area (Å²) in [7, 11) is 0. The first-order valence-electron chi connectivity index (χ1n) is 11.1.